The van der Waals surface area contributed by atoms with Crippen LogP contribution in [0.5, 0.6) is 0 Å². The summed E-state index contributed by atoms with van der Waals surface area (Å²) < 4.78 is 15.4. The van der Waals surface area contributed by atoms with Gasteiger partial charge in [0, 0.05) is 18.3 Å². The van der Waals surface area contributed by atoms with Gasteiger partial charge in [-0.15, -0.1) is 0 Å². The summed E-state index contributed by atoms with van der Waals surface area (Å²) in [6.45, 7) is 3.54. The van der Waals surface area contributed by atoms with E-state index in [9.17, 15) is 14.4 Å². The zero-order valence-electron chi connectivity index (χ0n) is 17.5. The Hall–Kier alpha value is -1.59. The van der Waals surface area contributed by atoms with Gasteiger partial charge in [0.1, 0.15) is 11.5 Å². The molecule has 31 heavy (non-hydrogen) atoms. The zero-order valence-corrected chi connectivity index (χ0v) is 18.6. The van der Waals surface area contributed by atoms with Crippen LogP contribution >= 0.6 is 0 Å². The van der Waals surface area contributed by atoms with Gasteiger partial charge in [-0.2, -0.15) is 0 Å². The molecule has 2 saturated carbocycles. The predicted molar refractivity (Wildman–Crippen MR) is 110 cm³/mol. The fourth-order valence-electron chi connectivity index (χ4n) is 2.97. The quantitative estimate of drug-likeness (QED) is 0.315. The first-order valence-electron chi connectivity index (χ1n) is 9.86. The Labute approximate surface area is 196 Å². The van der Waals surface area contributed by atoms with Crippen LogP contribution in [0.25, 0.3) is 0 Å². The molecule has 2 aliphatic carbocycles. The minimum Gasteiger partial charge on any atom is -0.469 e. The maximum Gasteiger partial charge on any atom is 2.00 e. The Morgan fingerprint density at radius 3 is 1.81 bits per heavy atom. The molecule has 0 amide bonds. The van der Waals surface area contributed by atoms with E-state index < -0.39 is 23.8 Å². The van der Waals surface area contributed by atoms with Crippen LogP contribution in [0.1, 0.15) is 31.9 Å². The summed E-state index contributed by atoms with van der Waals surface area (Å²) in [7, 11) is 0. The van der Waals surface area contributed by atoms with Crippen LogP contribution in [0.2, 0.25) is 0 Å². The number of esters is 2. The maximum absolute atomic E-state index is 12.5. The topological polar surface area (TPSA) is 82.8 Å². The van der Waals surface area contributed by atoms with Crippen molar-refractivity contribution in [1.82, 2.24) is 0 Å². The Morgan fingerprint density at radius 2 is 1.39 bits per heavy atom. The van der Waals surface area contributed by atoms with E-state index in [1.54, 1.807) is 51.7 Å². The van der Waals surface area contributed by atoms with Crippen molar-refractivity contribution < 1.29 is 45.3 Å². The van der Waals surface area contributed by atoms with Crippen molar-refractivity contribution in [2.45, 2.75) is 26.2 Å². The van der Waals surface area contributed by atoms with E-state index in [0.29, 0.717) is 11.7 Å². The number of rotatable bonds is 9. The van der Waals surface area contributed by atoms with E-state index >= 15 is 0 Å². The van der Waals surface area contributed by atoms with Crippen LogP contribution in [-0.2, 0) is 40.9 Å². The molecule has 0 N–H and O–H groups in total. The average molecular weight is 466 g/mol. The van der Waals surface area contributed by atoms with Crippen molar-refractivity contribution in [3.05, 3.63) is 87.9 Å². The molecule has 6 nitrogen and oxygen atoms in total. The monoisotopic (exact) mass is 466 g/mol. The first-order chi connectivity index (χ1) is 14.6. The Bertz CT molecular complexity index is 621. The third-order valence-corrected chi connectivity index (χ3v) is 4.34. The molecule has 1 aromatic heterocycles. The first-order valence-corrected chi connectivity index (χ1v) is 9.86. The molecular formula is C24H26FeO6+2. The maximum atomic E-state index is 12.5. The molecule has 1 heterocycles. The van der Waals surface area contributed by atoms with E-state index in [1.807, 2.05) is 32.1 Å². The number of carbonyl (C=O) groups excluding carboxylic acids is 3. The number of hydrogen-bond acceptors (Lipinski definition) is 6. The van der Waals surface area contributed by atoms with E-state index in [0.717, 1.165) is 0 Å². The first kappa shape index (κ1) is 27.4. The SMILES string of the molecule is CCOC(=O)C(C(=O)OCC)C(CC(=O)[C]1[CH][CH][CH][CH]1)c1ccco1.[CH]1[CH][CH][CH][CH]1.[Fe+2]. The fourth-order valence-corrected chi connectivity index (χ4v) is 2.97. The largest absolute Gasteiger partial charge is 2.00 e. The van der Waals surface area contributed by atoms with Crippen LogP contribution in [0.4, 0.5) is 0 Å². The zero-order chi connectivity index (χ0) is 21.8. The standard InChI is InChI=1S/C19H21O6.C5H5.Fe/c1-3-23-18(21)17(19(22)24-4-2)14(16-10-7-11-25-16)12-15(20)13-8-5-6-9-13;1-2-4-5-3-1;/h5-11,14,17H,3-4,12H2,1-2H3;1-5H;/q;;+2. The van der Waals surface area contributed by atoms with Gasteiger partial charge >= 0.3 is 29.0 Å². The second-order valence-corrected chi connectivity index (χ2v) is 6.37. The van der Waals surface area contributed by atoms with Crippen LogP contribution in [0, 0.1) is 69.6 Å². The summed E-state index contributed by atoms with van der Waals surface area (Å²) in [5.74, 6) is -2.81. The molecule has 0 saturated heterocycles. The molecule has 2 aliphatic rings. The van der Waals surface area contributed by atoms with Crippen LogP contribution in [0.15, 0.2) is 22.8 Å². The second kappa shape index (κ2) is 15.3. The molecule has 0 aliphatic heterocycles. The van der Waals surface area contributed by atoms with Crippen molar-refractivity contribution in [2.24, 2.45) is 5.92 Å². The van der Waals surface area contributed by atoms with E-state index in [-0.39, 0.29) is 42.5 Å². The predicted octanol–water partition coefficient (Wildman–Crippen LogP) is 3.49. The normalized spacial score (nSPS) is 16.7. The van der Waals surface area contributed by atoms with Crippen LogP contribution in [0.3, 0.4) is 0 Å². The molecule has 0 aromatic carbocycles. The number of carbonyl (C=O) groups is 3. The van der Waals surface area contributed by atoms with Crippen LogP contribution in [-0.4, -0.2) is 30.9 Å². The van der Waals surface area contributed by atoms with Gasteiger partial charge in [-0.3, -0.25) is 14.4 Å². The van der Waals surface area contributed by atoms with Gasteiger partial charge in [0.15, 0.2) is 5.92 Å². The van der Waals surface area contributed by atoms with Gasteiger partial charge in [0.05, 0.1) is 19.5 Å². The van der Waals surface area contributed by atoms with Crippen molar-refractivity contribution >= 4 is 17.7 Å². The summed E-state index contributed by atoms with van der Waals surface area (Å²) in [4.78, 5) is 37.3. The smallest absolute Gasteiger partial charge is 0.469 e. The van der Waals surface area contributed by atoms with Crippen molar-refractivity contribution in [2.75, 3.05) is 13.2 Å². The van der Waals surface area contributed by atoms with Crippen LogP contribution < -0.4 is 0 Å². The van der Waals surface area contributed by atoms with E-state index in [4.69, 9.17) is 13.9 Å². The Kier molecular flexibility index (Phi) is 13.5. The van der Waals surface area contributed by atoms with E-state index in [1.165, 1.54) is 6.26 Å². The fraction of sp³-hybridized carbons (Fsp3) is 0.292. The molecule has 0 spiro atoms. The molecule has 7 heteroatoms. The molecule has 164 valence electrons. The number of Topliss-reactive ketones (excluding diaryl/α,β-unsaturated/α-hetero) is 1. The Balaban J connectivity index is 0.000000701. The second-order valence-electron chi connectivity index (χ2n) is 6.37. The van der Waals surface area contributed by atoms with Gasteiger partial charge < -0.3 is 13.9 Å². The van der Waals surface area contributed by atoms with Gasteiger partial charge in [-0.1, -0.05) is 0 Å². The van der Waals surface area contributed by atoms with Crippen molar-refractivity contribution in [1.29, 1.82) is 0 Å². The Morgan fingerprint density at radius 1 is 0.871 bits per heavy atom. The summed E-state index contributed by atoms with van der Waals surface area (Å²) in [5.41, 5.74) is 0. The minimum absolute atomic E-state index is 0. The molecule has 0 bridgehead atoms. The molecular weight excluding hydrogens is 440 g/mol. The summed E-state index contributed by atoms with van der Waals surface area (Å²) in [6.07, 6.45) is 18.2. The van der Waals surface area contributed by atoms with Gasteiger partial charge in [-0.25, -0.2) is 0 Å². The summed E-state index contributed by atoms with van der Waals surface area (Å²) >= 11 is 0. The summed E-state index contributed by atoms with van der Waals surface area (Å²) in [5, 5.41) is 0. The van der Waals surface area contributed by atoms with Gasteiger partial charge in [0.25, 0.3) is 0 Å². The molecule has 2 fully saturated rings. The molecule has 3 rings (SSSR count). The number of ketones is 1. The van der Waals surface area contributed by atoms with E-state index in [2.05, 4.69) is 0 Å². The van der Waals surface area contributed by atoms with Gasteiger partial charge in [-0.05, 0) is 83.8 Å². The third kappa shape index (κ3) is 8.82. The summed E-state index contributed by atoms with van der Waals surface area (Å²) in [6, 6.07) is 3.27. The van der Waals surface area contributed by atoms with Crippen molar-refractivity contribution in [3.63, 3.8) is 0 Å². The molecule has 10 radical (unpaired) electrons. The average Bonchev–Trinajstić information content (AvgIpc) is 3.53. The number of ether oxygens (including phenoxy) is 2. The molecule has 1 unspecified atom stereocenters. The number of hydrogen-bond donors (Lipinski definition) is 0. The minimum atomic E-state index is -1.26. The molecule has 1 aromatic rings. The number of furan rings is 1. The third-order valence-electron chi connectivity index (χ3n) is 4.34. The van der Waals surface area contributed by atoms with Crippen molar-refractivity contribution in [3.8, 4) is 0 Å². The molecule has 1 atom stereocenters. The van der Waals surface area contributed by atoms with Gasteiger partial charge in [0.2, 0.25) is 0 Å².